The lowest BCUT2D eigenvalue weighted by molar-refractivity contribution is 0.00304. The molecule has 2 N–H and O–H groups in total. The number of aliphatic hydroxyl groups is 2. The zero-order valence-corrected chi connectivity index (χ0v) is 16.3. The quantitative estimate of drug-likeness (QED) is 0.703. The Morgan fingerprint density at radius 2 is 1.72 bits per heavy atom. The summed E-state index contributed by atoms with van der Waals surface area (Å²) >= 11 is 0. The molecule has 4 heterocycles. The van der Waals surface area contributed by atoms with E-state index in [9.17, 15) is 10.2 Å². The normalized spacial score (nSPS) is 19.4. The van der Waals surface area contributed by atoms with Crippen molar-refractivity contribution in [2.24, 2.45) is 5.92 Å². The molecule has 2 saturated heterocycles. The Kier molecular flexibility index (Phi) is 4.56. The Morgan fingerprint density at radius 1 is 0.966 bits per heavy atom. The first-order chi connectivity index (χ1) is 14.2. The molecule has 150 valence electrons. The molecule has 0 aliphatic carbocycles. The Morgan fingerprint density at radius 3 is 2.52 bits per heavy atom. The minimum Gasteiger partial charge on any atom is -0.396 e. The van der Waals surface area contributed by atoms with Crippen LogP contribution in [0.4, 0.5) is 11.6 Å². The van der Waals surface area contributed by atoms with E-state index in [4.69, 9.17) is 4.98 Å². The molecule has 2 aliphatic rings. The molecular formula is C22H25N5O2. The van der Waals surface area contributed by atoms with Gasteiger partial charge in [0.2, 0.25) is 0 Å². The monoisotopic (exact) mass is 391 g/mol. The van der Waals surface area contributed by atoms with Gasteiger partial charge in [-0.25, -0.2) is 9.97 Å². The lowest BCUT2D eigenvalue weighted by atomic mass is 9.89. The zero-order valence-electron chi connectivity index (χ0n) is 16.3. The number of rotatable bonds is 4. The predicted molar refractivity (Wildman–Crippen MR) is 112 cm³/mol. The van der Waals surface area contributed by atoms with Crippen molar-refractivity contribution in [3.05, 3.63) is 54.5 Å². The van der Waals surface area contributed by atoms with Crippen LogP contribution in [0.2, 0.25) is 0 Å². The van der Waals surface area contributed by atoms with Gasteiger partial charge in [-0.15, -0.1) is 0 Å². The Labute approximate surface area is 169 Å². The van der Waals surface area contributed by atoms with E-state index in [1.807, 2.05) is 30.3 Å². The summed E-state index contributed by atoms with van der Waals surface area (Å²) in [5.74, 6) is 1.98. The summed E-state index contributed by atoms with van der Waals surface area (Å²) in [5, 5.41) is 21.8. The second-order valence-corrected chi connectivity index (χ2v) is 8.09. The summed E-state index contributed by atoms with van der Waals surface area (Å²) in [4.78, 5) is 18.0. The molecule has 2 fully saturated rings. The number of hydrogen-bond acceptors (Lipinski definition) is 7. The van der Waals surface area contributed by atoms with E-state index in [0.717, 1.165) is 48.5 Å². The fourth-order valence-corrected chi connectivity index (χ4v) is 4.35. The molecular weight excluding hydrogens is 366 g/mol. The molecule has 29 heavy (non-hydrogen) atoms. The van der Waals surface area contributed by atoms with Gasteiger partial charge in [0, 0.05) is 37.5 Å². The van der Waals surface area contributed by atoms with Crippen LogP contribution >= 0.6 is 0 Å². The van der Waals surface area contributed by atoms with Crippen LogP contribution in [0.1, 0.15) is 18.5 Å². The number of aliphatic hydroxyl groups excluding tert-OH is 1. The maximum absolute atomic E-state index is 11.3. The minimum atomic E-state index is -1.04. The molecule has 0 saturated carbocycles. The van der Waals surface area contributed by atoms with E-state index in [-0.39, 0.29) is 6.61 Å². The molecule has 2 aromatic heterocycles. The van der Waals surface area contributed by atoms with Crippen LogP contribution in [0.15, 0.2) is 48.8 Å². The van der Waals surface area contributed by atoms with Crippen LogP contribution in [0.5, 0.6) is 0 Å². The molecule has 0 unspecified atom stereocenters. The Hall–Kier alpha value is -2.77. The van der Waals surface area contributed by atoms with Gasteiger partial charge in [-0.05, 0) is 37.0 Å². The summed E-state index contributed by atoms with van der Waals surface area (Å²) in [5.41, 5.74) is 0.553. The number of anilines is 2. The smallest absolute Gasteiger partial charge is 0.153 e. The van der Waals surface area contributed by atoms with Gasteiger partial charge in [0.15, 0.2) is 5.82 Å². The highest BCUT2D eigenvalue weighted by Crippen LogP contribution is 2.38. The van der Waals surface area contributed by atoms with E-state index in [1.165, 1.54) is 0 Å². The number of pyridine rings is 1. The molecule has 0 radical (unpaired) electrons. The summed E-state index contributed by atoms with van der Waals surface area (Å²) in [6.45, 7) is 2.76. The van der Waals surface area contributed by atoms with Crippen LogP contribution in [-0.2, 0) is 5.60 Å². The van der Waals surface area contributed by atoms with E-state index in [2.05, 4.69) is 25.8 Å². The molecule has 7 heteroatoms. The van der Waals surface area contributed by atoms with E-state index < -0.39 is 5.60 Å². The first kappa shape index (κ1) is 18.3. The second kappa shape index (κ2) is 7.24. The van der Waals surface area contributed by atoms with Crippen LogP contribution in [0, 0.1) is 5.92 Å². The van der Waals surface area contributed by atoms with Gasteiger partial charge in [-0.1, -0.05) is 18.2 Å². The van der Waals surface area contributed by atoms with Crippen molar-refractivity contribution in [1.29, 1.82) is 0 Å². The molecule has 5 rings (SSSR count). The first-order valence-electron chi connectivity index (χ1n) is 10.2. The third-order valence-corrected chi connectivity index (χ3v) is 6.10. The van der Waals surface area contributed by atoms with E-state index in [1.54, 1.807) is 12.4 Å². The van der Waals surface area contributed by atoms with Crippen molar-refractivity contribution in [3.8, 4) is 0 Å². The molecule has 0 bridgehead atoms. The van der Waals surface area contributed by atoms with Gasteiger partial charge in [0.25, 0.3) is 0 Å². The predicted octanol–water partition coefficient (Wildman–Crippen LogP) is 1.94. The van der Waals surface area contributed by atoms with Crippen molar-refractivity contribution in [3.63, 3.8) is 0 Å². The SMILES string of the molecule is OCC1CCN(c2nccnc2C2(O)CN(c3ccc4ccccc4n3)C2)CC1. The van der Waals surface area contributed by atoms with Gasteiger partial charge in [-0.2, -0.15) is 0 Å². The number of β-amino-alcohol motifs (C(OH)–C–C–N with tert-alkyl or cyclic N) is 1. The maximum atomic E-state index is 11.3. The summed E-state index contributed by atoms with van der Waals surface area (Å²) < 4.78 is 0. The Balaban J connectivity index is 1.36. The summed E-state index contributed by atoms with van der Waals surface area (Å²) in [6.07, 6.45) is 5.19. The first-order valence-corrected chi connectivity index (χ1v) is 10.2. The molecule has 3 aromatic rings. The Bertz CT molecular complexity index is 1010. The highest BCUT2D eigenvalue weighted by atomic mass is 16.3. The number of hydrogen-bond donors (Lipinski definition) is 2. The number of aromatic nitrogens is 3. The fraction of sp³-hybridized carbons (Fsp3) is 0.409. The third-order valence-electron chi connectivity index (χ3n) is 6.10. The topological polar surface area (TPSA) is 85.6 Å². The van der Waals surface area contributed by atoms with Crippen LogP contribution in [0.25, 0.3) is 10.9 Å². The van der Waals surface area contributed by atoms with E-state index >= 15 is 0 Å². The van der Waals surface area contributed by atoms with E-state index in [0.29, 0.717) is 24.7 Å². The molecule has 0 amide bonds. The molecule has 7 nitrogen and oxygen atoms in total. The average Bonchev–Trinajstić information content (AvgIpc) is 2.76. The number of nitrogens with zero attached hydrogens (tertiary/aromatic N) is 5. The van der Waals surface area contributed by atoms with Gasteiger partial charge in [0.1, 0.15) is 17.1 Å². The average molecular weight is 391 g/mol. The van der Waals surface area contributed by atoms with Gasteiger partial charge >= 0.3 is 0 Å². The molecule has 2 aliphatic heterocycles. The molecule has 0 atom stereocenters. The van der Waals surface area contributed by atoms with Crippen LogP contribution in [0.3, 0.4) is 0 Å². The van der Waals surface area contributed by atoms with Crippen molar-refractivity contribution in [2.45, 2.75) is 18.4 Å². The van der Waals surface area contributed by atoms with Gasteiger partial charge < -0.3 is 20.0 Å². The zero-order chi connectivity index (χ0) is 19.8. The van der Waals surface area contributed by atoms with Crippen LogP contribution in [-0.4, -0.2) is 58.0 Å². The van der Waals surface area contributed by atoms with Gasteiger partial charge in [-0.3, -0.25) is 4.98 Å². The van der Waals surface area contributed by atoms with Crippen molar-refractivity contribution < 1.29 is 10.2 Å². The van der Waals surface area contributed by atoms with Crippen molar-refractivity contribution >= 4 is 22.5 Å². The van der Waals surface area contributed by atoms with Gasteiger partial charge in [0.05, 0.1) is 18.6 Å². The maximum Gasteiger partial charge on any atom is 0.153 e. The number of piperidine rings is 1. The molecule has 1 aromatic carbocycles. The second-order valence-electron chi connectivity index (χ2n) is 8.09. The minimum absolute atomic E-state index is 0.235. The van der Waals surface area contributed by atoms with Crippen molar-refractivity contribution in [2.75, 3.05) is 42.6 Å². The number of para-hydroxylation sites is 1. The largest absolute Gasteiger partial charge is 0.396 e. The standard InChI is InChI=1S/C22H25N5O2/c28-13-16-7-11-26(12-8-16)21-20(23-9-10-24-21)22(29)14-27(15-22)19-6-5-17-3-1-2-4-18(17)25-19/h1-6,9-10,16,28-29H,7-8,11-15H2. The fourth-order valence-electron chi connectivity index (χ4n) is 4.35. The van der Waals surface area contributed by atoms with Crippen LogP contribution < -0.4 is 9.80 Å². The lowest BCUT2D eigenvalue weighted by Gasteiger charge is -2.47. The summed E-state index contributed by atoms with van der Waals surface area (Å²) in [6, 6.07) is 12.1. The highest BCUT2D eigenvalue weighted by Gasteiger charge is 2.47. The molecule has 0 spiro atoms. The highest BCUT2D eigenvalue weighted by molar-refractivity contribution is 5.80. The number of benzene rings is 1. The lowest BCUT2D eigenvalue weighted by Crippen LogP contribution is -2.60. The number of fused-ring (bicyclic) bond motifs is 1. The van der Waals surface area contributed by atoms with Crippen molar-refractivity contribution in [1.82, 2.24) is 15.0 Å². The third kappa shape index (κ3) is 3.30. The summed E-state index contributed by atoms with van der Waals surface area (Å²) in [7, 11) is 0.